The highest BCUT2D eigenvalue weighted by Gasteiger charge is 2.20. The molecule has 0 aliphatic heterocycles. The van der Waals surface area contributed by atoms with Crippen molar-refractivity contribution in [2.45, 2.75) is 12.5 Å². The first kappa shape index (κ1) is 8.90. The Morgan fingerprint density at radius 3 is 2.30 bits per heavy atom. The van der Waals surface area contributed by atoms with E-state index in [0.717, 1.165) is 0 Å². The summed E-state index contributed by atoms with van der Waals surface area (Å²) in [4.78, 5) is 0. The number of nitrogens with two attached hydrogens (primary N) is 1. The molecule has 0 saturated carbocycles. The Balaban J connectivity index is 3.88. The molecule has 0 aliphatic rings. The van der Waals surface area contributed by atoms with Gasteiger partial charge in [-0.05, 0) is 6.92 Å². The van der Waals surface area contributed by atoms with Gasteiger partial charge in [0.15, 0.2) is 5.54 Å². The van der Waals surface area contributed by atoms with E-state index in [1.165, 1.54) is 6.92 Å². The molecule has 0 aromatic rings. The average Bonchev–Trinajstić information content (AvgIpc) is 2.00. The molecule has 0 fully saturated rings. The van der Waals surface area contributed by atoms with Crippen molar-refractivity contribution in [3.63, 3.8) is 0 Å². The minimum Gasteiger partial charge on any atom is -0.329 e. The van der Waals surface area contributed by atoms with Crippen LogP contribution in [0.25, 0.3) is 0 Å². The number of hydrogen-bond acceptors (Lipinski definition) is 4. The third-order valence-corrected chi connectivity index (χ3v) is 1.07. The maximum absolute atomic E-state index is 8.44. The van der Waals surface area contributed by atoms with Gasteiger partial charge in [-0.15, -0.1) is 0 Å². The summed E-state index contributed by atoms with van der Waals surface area (Å²) in [7, 11) is 0. The van der Waals surface area contributed by atoms with E-state index in [4.69, 9.17) is 16.3 Å². The SMILES string of the molecule is CC(C#N)(C#N)NCCN. The minimum atomic E-state index is -1.08. The van der Waals surface area contributed by atoms with Crippen LogP contribution in [0.1, 0.15) is 6.92 Å². The summed E-state index contributed by atoms with van der Waals surface area (Å²) in [6.07, 6.45) is 0. The molecule has 0 aliphatic carbocycles. The zero-order valence-electron chi connectivity index (χ0n) is 5.89. The molecule has 10 heavy (non-hydrogen) atoms. The Kier molecular flexibility index (Phi) is 3.42. The van der Waals surface area contributed by atoms with Gasteiger partial charge in [-0.1, -0.05) is 0 Å². The van der Waals surface area contributed by atoms with Gasteiger partial charge in [-0.2, -0.15) is 10.5 Å². The zero-order chi connectivity index (χ0) is 8.04. The molecule has 4 heteroatoms. The Morgan fingerprint density at radius 2 is 2.00 bits per heavy atom. The van der Waals surface area contributed by atoms with Crippen LogP contribution in [0, 0.1) is 22.7 Å². The van der Waals surface area contributed by atoms with Gasteiger partial charge in [-0.25, -0.2) is 0 Å². The van der Waals surface area contributed by atoms with Crippen molar-refractivity contribution in [1.29, 1.82) is 10.5 Å². The number of nitrogens with one attached hydrogen (secondary N) is 1. The fourth-order valence-electron chi connectivity index (χ4n) is 0.426. The highest BCUT2D eigenvalue weighted by Crippen LogP contribution is 1.96. The summed E-state index contributed by atoms with van der Waals surface area (Å²) >= 11 is 0. The van der Waals surface area contributed by atoms with Gasteiger partial charge in [0.2, 0.25) is 0 Å². The lowest BCUT2D eigenvalue weighted by Crippen LogP contribution is -2.42. The molecule has 0 rings (SSSR count). The molecule has 0 bridgehead atoms. The number of hydrogen-bond donors (Lipinski definition) is 2. The smallest absolute Gasteiger partial charge is 0.191 e. The van der Waals surface area contributed by atoms with E-state index >= 15 is 0 Å². The maximum Gasteiger partial charge on any atom is 0.191 e. The van der Waals surface area contributed by atoms with Gasteiger partial charge in [0.05, 0.1) is 0 Å². The van der Waals surface area contributed by atoms with Gasteiger partial charge < -0.3 is 5.73 Å². The third kappa shape index (κ3) is 2.45. The zero-order valence-corrected chi connectivity index (χ0v) is 5.89. The quantitative estimate of drug-likeness (QED) is 0.542. The van der Waals surface area contributed by atoms with Gasteiger partial charge in [0.25, 0.3) is 0 Å². The van der Waals surface area contributed by atoms with Crippen LogP contribution < -0.4 is 11.1 Å². The van der Waals surface area contributed by atoms with Crippen LogP contribution in [0.5, 0.6) is 0 Å². The van der Waals surface area contributed by atoms with Crippen molar-refractivity contribution in [3.8, 4) is 12.1 Å². The second kappa shape index (κ2) is 3.84. The standard InChI is InChI=1S/C6H10N4/c1-6(4-8,5-9)10-3-2-7/h10H,2-3,7H2,1H3. The van der Waals surface area contributed by atoms with Crippen molar-refractivity contribution in [2.24, 2.45) is 5.73 Å². The van der Waals surface area contributed by atoms with Crippen LogP contribution in [0.3, 0.4) is 0 Å². The molecule has 0 unspecified atom stereocenters. The summed E-state index contributed by atoms with van der Waals surface area (Å²) < 4.78 is 0. The van der Waals surface area contributed by atoms with E-state index in [-0.39, 0.29) is 0 Å². The molecule has 0 aromatic carbocycles. The Hall–Kier alpha value is -1.10. The molecule has 0 spiro atoms. The van der Waals surface area contributed by atoms with Crippen molar-refractivity contribution in [1.82, 2.24) is 5.32 Å². The molecule has 0 atom stereocenters. The Morgan fingerprint density at radius 1 is 1.50 bits per heavy atom. The molecular weight excluding hydrogens is 128 g/mol. The van der Waals surface area contributed by atoms with Crippen molar-refractivity contribution >= 4 is 0 Å². The van der Waals surface area contributed by atoms with E-state index in [9.17, 15) is 0 Å². The molecule has 0 radical (unpaired) electrons. The number of nitrogens with zero attached hydrogens (tertiary/aromatic N) is 2. The first-order chi connectivity index (χ1) is 4.68. The van der Waals surface area contributed by atoms with Crippen LogP contribution in [0.4, 0.5) is 0 Å². The van der Waals surface area contributed by atoms with Crippen molar-refractivity contribution in [2.75, 3.05) is 13.1 Å². The molecule has 0 saturated heterocycles. The van der Waals surface area contributed by atoms with Crippen LogP contribution in [-0.4, -0.2) is 18.6 Å². The summed E-state index contributed by atoms with van der Waals surface area (Å²) in [5.74, 6) is 0. The highest BCUT2D eigenvalue weighted by molar-refractivity contribution is 5.18. The normalized spacial score (nSPS) is 10.0. The van der Waals surface area contributed by atoms with E-state index in [1.54, 1.807) is 0 Å². The monoisotopic (exact) mass is 138 g/mol. The van der Waals surface area contributed by atoms with Crippen LogP contribution in [0.2, 0.25) is 0 Å². The highest BCUT2D eigenvalue weighted by atomic mass is 15.0. The molecule has 0 amide bonds. The maximum atomic E-state index is 8.44. The largest absolute Gasteiger partial charge is 0.329 e. The Labute approximate surface area is 60.2 Å². The fraction of sp³-hybridized carbons (Fsp3) is 0.667. The first-order valence-corrected chi connectivity index (χ1v) is 2.96. The molecule has 54 valence electrons. The number of rotatable bonds is 3. The molecule has 4 nitrogen and oxygen atoms in total. The predicted octanol–water partition coefficient (Wildman–Crippen LogP) is -0.659. The fourth-order valence-corrected chi connectivity index (χ4v) is 0.426. The topological polar surface area (TPSA) is 85.6 Å². The second-order valence-electron chi connectivity index (χ2n) is 2.06. The minimum absolute atomic E-state index is 0.430. The van der Waals surface area contributed by atoms with Gasteiger partial charge in [-0.3, -0.25) is 5.32 Å². The Bertz CT molecular complexity index is 159. The molecular formula is C6H10N4. The average molecular weight is 138 g/mol. The van der Waals surface area contributed by atoms with Crippen molar-refractivity contribution < 1.29 is 0 Å². The van der Waals surface area contributed by atoms with Crippen molar-refractivity contribution in [3.05, 3.63) is 0 Å². The molecule has 0 heterocycles. The van der Waals surface area contributed by atoms with Crippen LogP contribution >= 0.6 is 0 Å². The second-order valence-corrected chi connectivity index (χ2v) is 2.06. The van der Waals surface area contributed by atoms with Gasteiger partial charge >= 0.3 is 0 Å². The predicted molar refractivity (Wildman–Crippen MR) is 36.7 cm³/mol. The van der Waals surface area contributed by atoms with E-state index < -0.39 is 5.54 Å². The van der Waals surface area contributed by atoms with E-state index in [2.05, 4.69) is 5.32 Å². The summed E-state index contributed by atoms with van der Waals surface area (Å²) in [5.41, 5.74) is 4.08. The lowest BCUT2D eigenvalue weighted by Gasteiger charge is -2.12. The van der Waals surface area contributed by atoms with Crippen LogP contribution in [0.15, 0.2) is 0 Å². The summed E-state index contributed by atoms with van der Waals surface area (Å²) in [6, 6.07) is 3.67. The van der Waals surface area contributed by atoms with Gasteiger partial charge in [0, 0.05) is 13.1 Å². The molecule has 3 N–H and O–H groups in total. The van der Waals surface area contributed by atoms with Gasteiger partial charge in [0.1, 0.15) is 12.1 Å². The lowest BCUT2D eigenvalue weighted by atomic mass is 10.1. The molecule has 0 aromatic heterocycles. The van der Waals surface area contributed by atoms with E-state index in [1.807, 2.05) is 12.1 Å². The lowest BCUT2D eigenvalue weighted by molar-refractivity contribution is 0.553. The summed E-state index contributed by atoms with van der Waals surface area (Å²) in [6.45, 7) is 2.43. The third-order valence-electron chi connectivity index (χ3n) is 1.07. The van der Waals surface area contributed by atoms with Crippen LogP contribution in [-0.2, 0) is 0 Å². The van der Waals surface area contributed by atoms with E-state index in [0.29, 0.717) is 13.1 Å². The number of nitriles is 2. The summed E-state index contributed by atoms with van der Waals surface area (Å²) in [5, 5.41) is 19.6. The first-order valence-electron chi connectivity index (χ1n) is 2.96.